The molecule has 1 aromatic carbocycles. The standard InChI is InChI=1S/C18H26N2O5S/c1-13(16(21)19-18(2,3)4)25-17(22)14-8-7-9-15(12-14)26(23,24)20-10-5-6-11-20/h7-9,12-13H,5-6,10-11H2,1-4H3,(H,19,21)/t13-/m0/s1. The average Bonchev–Trinajstić information content (AvgIpc) is 3.08. The lowest BCUT2D eigenvalue weighted by Crippen LogP contribution is -2.46. The molecule has 0 bridgehead atoms. The highest BCUT2D eigenvalue weighted by molar-refractivity contribution is 7.89. The minimum Gasteiger partial charge on any atom is -0.449 e. The van der Waals surface area contributed by atoms with E-state index in [1.165, 1.54) is 35.5 Å². The van der Waals surface area contributed by atoms with Crippen molar-refractivity contribution in [2.75, 3.05) is 13.1 Å². The molecule has 1 atom stereocenters. The second kappa shape index (κ2) is 7.75. The molecule has 1 aliphatic rings. The summed E-state index contributed by atoms with van der Waals surface area (Å²) in [5.74, 6) is -1.15. The Hall–Kier alpha value is -1.93. The van der Waals surface area contributed by atoms with Crippen molar-refractivity contribution >= 4 is 21.9 Å². The fourth-order valence-corrected chi connectivity index (χ4v) is 4.18. The van der Waals surface area contributed by atoms with Crippen molar-refractivity contribution in [3.8, 4) is 0 Å². The van der Waals surface area contributed by atoms with Gasteiger partial charge in [0.15, 0.2) is 6.10 Å². The summed E-state index contributed by atoms with van der Waals surface area (Å²) < 4.78 is 31.8. The smallest absolute Gasteiger partial charge is 0.338 e. The normalized spacial score (nSPS) is 16.9. The number of carbonyl (C=O) groups excluding carboxylic acids is 2. The van der Waals surface area contributed by atoms with E-state index in [-0.39, 0.29) is 10.5 Å². The van der Waals surface area contributed by atoms with Gasteiger partial charge in [0.2, 0.25) is 10.0 Å². The van der Waals surface area contributed by atoms with Gasteiger partial charge in [0.1, 0.15) is 0 Å². The molecular weight excluding hydrogens is 356 g/mol. The van der Waals surface area contributed by atoms with Gasteiger partial charge in [-0.1, -0.05) is 6.07 Å². The van der Waals surface area contributed by atoms with Crippen LogP contribution in [0.15, 0.2) is 29.2 Å². The summed E-state index contributed by atoms with van der Waals surface area (Å²) >= 11 is 0. The first-order chi connectivity index (χ1) is 12.0. The monoisotopic (exact) mass is 382 g/mol. The van der Waals surface area contributed by atoms with Gasteiger partial charge in [-0.2, -0.15) is 4.31 Å². The van der Waals surface area contributed by atoms with Crippen molar-refractivity contribution < 1.29 is 22.7 Å². The first-order valence-electron chi connectivity index (χ1n) is 8.64. The number of rotatable bonds is 5. The van der Waals surface area contributed by atoms with Crippen LogP contribution in [0.5, 0.6) is 0 Å². The molecule has 1 saturated heterocycles. The number of sulfonamides is 1. The van der Waals surface area contributed by atoms with E-state index < -0.39 is 33.5 Å². The number of ether oxygens (including phenoxy) is 1. The van der Waals surface area contributed by atoms with Gasteiger partial charge in [-0.25, -0.2) is 13.2 Å². The van der Waals surface area contributed by atoms with E-state index in [1.807, 2.05) is 20.8 Å². The van der Waals surface area contributed by atoms with Gasteiger partial charge in [-0.3, -0.25) is 4.79 Å². The highest BCUT2D eigenvalue weighted by Crippen LogP contribution is 2.22. The Morgan fingerprint density at radius 2 is 1.81 bits per heavy atom. The summed E-state index contributed by atoms with van der Waals surface area (Å²) in [6, 6.07) is 5.73. The second-order valence-electron chi connectivity index (χ2n) is 7.43. The molecule has 7 nitrogen and oxygen atoms in total. The molecule has 1 N–H and O–H groups in total. The molecule has 0 aliphatic carbocycles. The third-order valence-corrected chi connectivity index (χ3v) is 5.82. The van der Waals surface area contributed by atoms with Crippen molar-refractivity contribution in [1.29, 1.82) is 0 Å². The van der Waals surface area contributed by atoms with Crippen LogP contribution in [-0.2, 0) is 19.6 Å². The predicted octanol–water partition coefficient (Wildman–Crippen LogP) is 1.93. The van der Waals surface area contributed by atoms with Crippen LogP contribution in [0.4, 0.5) is 0 Å². The Balaban J connectivity index is 2.12. The van der Waals surface area contributed by atoms with E-state index in [1.54, 1.807) is 0 Å². The number of amides is 1. The van der Waals surface area contributed by atoms with Crippen LogP contribution < -0.4 is 5.32 Å². The van der Waals surface area contributed by atoms with Crippen LogP contribution in [0.2, 0.25) is 0 Å². The first kappa shape index (κ1) is 20.4. The van der Waals surface area contributed by atoms with E-state index in [0.29, 0.717) is 13.1 Å². The number of carbonyl (C=O) groups is 2. The average molecular weight is 382 g/mol. The number of benzene rings is 1. The Morgan fingerprint density at radius 1 is 1.19 bits per heavy atom. The molecule has 1 aromatic rings. The first-order valence-corrected chi connectivity index (χ1v) is 10.1. The molecule has 2 rings (SSSR count). The van der Waals surface area contributed by atoms with Gasteiger partial charge >= 0.3 is 5.97 Å². The van der Waals surface area contributed by atoms with Crippen molar-refractivity contribution in [2.45, 2.75) is 57.1 Å². The molecule has 8 heteroatoms. The minimum absolute atomic E-state index is 0.0562. The lowest BCUT2D eigenvalue weighted by molar-refractivity contribution is -0.130. The Morgan fingerprint density at radius 3 is 2.38 bits per heavy atom. The molecule has 144 valence electrons. The van der Waals surface area contributed by atoms with Crippen LogP contribution in [0.25, 0.3) is 0 Å². The van der Waals surface area contributed by atoms with Gasteiger partial charge in [0.25, 0.3) is 5.91 Å². The summed E-state index contributed by atoms with van der Waals surface area (Å²) in [7, 11) is -3.62. The third kappa shape index (κ3) is 5.04. The number of hydrogen-bond donors (Lipinski definition) is 1. The largest absolute Gasteiger partial charge is 0.449 e. The summed E-state index contributed by atoms with van der Waals surface area (Å²) in [6.45, 7) is 7.93. The number of hydrogen-bond acceptors (Lipinski definition) is 5. The second-order valence-corrected chi connectivity index (χ2v) is 9.36. The molecule has 1 amide bonds. The zero-order valence-corrected chi connectivity index (χ0v) is 16.4. The fourth-order valence-electron chi connectivity index (χ4n) is 2.61. The lowest BCUT2D eigenvalue weighted by atomic mass is 10.1. The van der Waals surface area contributed by atoms with Crippen molar-refractivity contribution in [2.24, 2.45) is 0 Å². The number of nitrogens with one attached hydrogen (secondary N) is 1. The summed E-state index contributed by atoms with van der Waals surface area (Å²) in [4.78, 5) is 24.4. The van der Waals surface area contributed by atoms with Crippen LogP contribution >= 0.6 is 0 Å². The fraction of sp³-hybridized carbons (Fsp3) is 0.556. The van der Waals surface area contributed by atoms with Crippen LogP contribution in [0, 0.1) is 0 Å². The molecule has 1 fully saturated rings. The molecule has 0 saturated carbocycles. The molecular formula is C18H26N2O5S. The molecule has 1 heterocycles. The van der Waals surface area contributed by atoms with Crippen molar-refractivity contribution in [3.05, 3.63) is 29.8 Å². The lowest BCUT2D eigenvalue weighted by Gasteiger charge is -2.23. The molecule has 0 spiro atoms. The van der Waals surface area contributed by atoms with Gasteiger partial charge in [0.05, 0.1) is 10.5 Å². The maximum Gasteiger partial charge on any atom is 0.338 e. The van der Waals surface area contributed by atoms with E-state index in [4.69, 9.17) is 4.74 Å². The summed E-state index contributed by atoms with van der Waals surface area (Å²) in [6.07, 6.45) is 0.684. The van der Waals surface area contributed by atoms with Crippen LogP contribution in [0.1, 0.15) is 50.9 Å². The molecule has 1 aliphatic heterocycles. The predicted molar refractivity (Wildman–Crippen MR) is 97.2 cm³/mol. The highest BCUT2D eigenvalue weighted by atomic mass is 32.2. The van der Waals surface area contributed by atoms with Crippen molar-refractivity contribution in [3.63, 3.8) is 0 Å². The maximum atomic E-state index is 12.6. The van der Waals surface area contributed by atoms with E-state index >= 15 is 0 Å². The maximum absolute atomic E-state index is 12.6. The van der Waals surface area contributed by atoms with E-state index in [0.717, 1.165) is 12.8 Å². The van der Waals surface area contributed by atoms with Crippen LogP contribution in [0.3, 0.4) is 0 Å². The van der Waals surface area contributed by atoms with E-state index in [2.05, 4.69) is 5.32 Å². The van der Waals surface area contributed by atoms with Gasteiger partial charge in [-0.15, -0.1) is 0 Å². The topological polar surface area (TPSA) is 92.8 Å². The zero-order valence-electron chi connectivity index (χ0n) is 15.6. The van der Waals surface area contributed by atoms with E-state index in [9.17, 15) is 18.0 Å². The summed E-state index contributed by atoms with van der Waals surface area (Å²) in [5, 5.41) is 2.73. The quantitative estimate of drug-likeness (QED) is 0.786. The number of esters is 1. The van der Waals surface area contributed by atoms with Gasteiger partial charge in [-0.05, 0) is 58.7 Å². The van der Waals surface area contributed by atoms with Gasteiger partial charge in [0, 0.05) is 18.6 Å². The Kier molecular flexibility index (Phi) is 6.08. The highest BCUT2D eigenvalue weighted by Gasteiger charge is 2.28. The Bertz CT molecular complexity index is 777. The minimum atomic E-state index is -3.62. The SMILES string of the molecule is C[C@H](OC(=O)c1cccc(S(=O)(=O)N2CCCC2)c1)C(=O)NC(C)(C)C. The molecule has 0 radical (unpaired) electrons. The third-order valence-electron chi connectivity index (χ3n) is 3.92. The van der Waals surface area contributed by atoms with Crippen LogP contribution in [-0.4, -0.2) is 49.3 Å². The van der Waals surface area contributed by atoms with Crippen molar-refractivity contribution in [1.82, 2.24) is 9.62 Å². The Labute approximate surface area is 154 Å². The molecule has 0 unspecified atom stereocenters. The number of nitrogens with zero attached hydrogens (tertiary/aromatic N) is 1. The van der Waals surface area contributed by atoms with Gasteiger partial charge < -0.3 is 10.1 Å². The molecule has 26 heavy (non-hydrogen) atoms. The molecule has 0 aromatic heterocycles. The zero-order chi connectivity index (χ0) is 19.5. The summed E-state index contributed by atoms with van der Waals surface area (Å²) in [5.41, 5.74) is -0.345.